The highest BCUT2D eigenvalue weighted by Gasteiger charge is 2.29. The zero-order valence-electron chi connectivity index (χ0n) is 28.0. The lowest BCUT2D eigenvalue weighted by Crippen LogP contribution is -2.35. The molecule has 268 valence electrons. The first-order valence-electron chi connectivity index (χ1n) is 15.2. The minimum atomic E-state index is -1.10. The summed E-state index contributed by atoms with van der Waals surface area (Å²) in [5.41, 5.74) is 19.6. The summed E-state index contributed by atoms with van der Waals surface area (Å²) in [6, 6.07) is 5.94. The van der Waals surface area contributed by atoms with Crippen molar-refractivity contribution in [3.8, 4) is 23.3 Å². The summed E-state index contributed by atoms with van der Waals surface area (Å²) in [6.07, 6.45) is 4.06. The van der Waals surface area contributed by atoms with E-state index in [-0.39, 0.29) is 82.1 Å². The number of primary amides is 1. The highest BCUT2D eigenvalue weighted by Crippen LogP contribution is 2.31. The van der Waals surface area contributed by atoms with E-state index >= 15 is 0 Å². The number of benzene rings is 2. The van der Waals surface area contributed by atoms with Gasteiger partial charge in [-0.2, -0.15) is 0 Å². The van der Waals surface area contributed by atoms with Crippen LogP contribution in [-0.2, 0) is 17.8 Å². The van der Waals surface area contributed by atoms with Gasteiger partial charge in [0.05, 0.1) is 23.7 Å². The molecule has 4 aromatic rings. The number of nitrogen functional groups attached to an aromatic ring is 2. The van der Waals surface area contributed by atoms with E-state index in [1.165, 1.54) is 25.3 Å². The van der Waals surface area contributed by atoms with E-state index in [4.69, 9.17) is 31.4 Å². The number of fused-ring (bicyclic) bond motifs is 2. The quantitative estimate of drug-likeness (QED) is 0.137. The number of carboxylic acids is 1. The molecule has 17 heteroatoms. The third-order valence-electron chi connectivity index (χ3n) is 7.61. The van der Waals surface area contributed by atoms with Gasteiger partial charge in [-0.15, -0.1) is 34.0 Å². The summed E-state index contributed by atoms with van der Waals surface area (Å²) in [6.45, 7) is 7.11. The van der Waals surface area contributed by atoms with Gasteiger partial charge in [0.25, 0.3) is 0 Å². The molecule has 1 aliphatic rings. The van der Waals surface area contributed by atoms with Crippen molar-refractivity contribution in [1.82, 2.24) is 24.0 Å². The number of carbonyl (C=O) groups is 3. The number of rotatable bonds is 9. The number of aromatic carboxylic acids is 1. The fourth-order valence-corrected chi connectivity index (χ4v) is 5.43. The van der Waals surface area contributed by atoms with Gasteiger partial charge in [-0.1, -0.05) is 24.0 Å². The van der Waals surface area contributed by atoms with Crippen LogP contribution >= 0.6 is 34.0 Å². The van der Waals surface area contributed by atoms with Crippen molar-refractivity contribution in [2.45, 2.75) is 45.9 Å². The molecule has 0 radical (unpaired) electrons. The van der Waals surface area contributed by atoms with E-state index < -0.39 is 17.5 Å². The Labute approximate surface area is 309 Å². The lowest BCUT2D eigenvalue weighted by molar-refractivity contribution is 0.0291. The van der Waals surface area contributed by atoms with Gasteiger partial charge in [0.15, 0.2) is 0 Å². The molecule has 5 rings (SSSR count). The maximum atomic E-state index is 12.4. The van der Waals surface area contributed by atoms with Crippen molar-refractivity contribution in [1.29, 1.82) is 0 Å². The second-order valence-corrected chi connectivity index (χ2v) is 12.2. The van der Waals surface area contributed by atoms with Gasteiger partial charge in [-0.3, -0.25) is 4.79 Å². The Morgan fingerprint density at radius 2 is 1.52 bits per heavy atom. The van der Waals surface area contributed by atoms with Crippen molar-refractivity contribution in [3.05, 3.63) is 47.5 Å². The minimum absolute atomic E-state index is 0. The van der Waals surface area contributed by atoms with Crippen molar-refractivity contribution in [2.24, 2.45) is 11.7 Å². The topological polar surface area (TPSA) is 216 Å². The Bertz CT molecular complexity index is 2010. The van der Waals surface area contributed by atoms with Gasteiger partial charge < -0.3 is 50.6 Å². The molecule has 1 saturated heterocycles. The van der Waals surface area contributed by atoms with Crippen LogP contribution in [0, 0.1) is 17.8 Å². The molecule has 2 amide bonds. The number of amides is 2. The van der Waals surface area contributed by atoms with Crippen LogP contribution in [0.15, 0.2) is 36.4 Å². The lowest BCUT2D eigenvalue weighted by atomic mass is 10.1. The van der Waals surface area contributed by atoms with Gasteiger partial charge in [0, 0.05) is 37.7 Å². The molecule has 0 saturated carbocycles. The number of carboxylic acid groups (broad SMARTS) is 1. The standard InChI is InChI=1S/C33H38N8O7.2BrH/c1-33(2,3)48-32(45)39-12-9-19(18-39)8-7-13-47-25-16-20(28(34)42)14-22-27(25)41(31(36)37-22)11-6-5-10-40-26-23(38-30(40)35)15-21(29(43)44)17-24(26)46-4;;/h5-6,14-17,19H,9-13,18H2,1-4H3,(H2,34,42)(H2,35,38)(H2,36,37)(H,43,44);2*1H/b6-5+;;. The molecule has 1 aliphatic heterocycles. The van der Waals surface area contributed by atoms with Gasteiger partial charge in [0.2, 0.25) is 17.8 Å². The van der Waals surface area contributed by atoms with Crippen LogP contribution in [0.25, 0.3) is 22.1 Å². The SMILES string of the molecule is Br.Br.COc1cc(C(=O)O)cc2nc(N)n(C/C=C/Cn3c(N)nc4cc(C(N)=O)cc(OCC#CC5CCN(C(=O)OC(C)(C)C)C5)c43)c12. The van der Waals surface area contributed by atoms with E-state index in [1.54, 1.807) is 20.1 Å². The first-order valence-corrected chi connectivity index (χ1v) is 15.2. The number of imidazole rings is 2. The molecule has 15 nitrogen and oxygen atoms in total. The van der Waals surface area contributed by atoms with Crippen molar-refractivity contribution in [3.63, 3.8) is 0 Å². The molecular weight excluding hydrogens is 780 g/mol. The normalized spacial score (nSPS) is 14.2. The maximum Gasteiger partial charge on any atom is 0.410 e. The average Bonchev–Trinajstić information content (AvgIpc) is 3.70. The minimum Gasteiger partial charge on any atom is -0.494 e. The Morgan fingerprint density at radius 1 is 0.960 bits per heavy atom. The Morgan fingerprint density at radius 3 is 2.06 bits per heavy atom. The molecule has 2 aromatic carbocycles. The first-order chi connectivity index (χ1) is 22.8. The number of likely N-dealkylation sites (tertiary alicyclic amines) is 1. The number of methoxy groups -OCH3 is 1. The first kappa shape index (κ1) is 39.5. The fourth-order valence-electron chi connectivity index (χ4n) is 5.43. The Hall–Kier alpha value is -4.95. The van der Waals surface area contributed by atoms with E-state index in [0.717, 1.165) is 6.42 Å². The molecule has 3 heterocycles. The fraction of sp³-hybridized carbons (Fsp3) is 0.364. The highest BCUT2D eigenvalue weighted by atomic mass is 79.9. The van der Waals surface area contributed by atoms with Crippen molar-refractivity contribution in [2.75, 3.05) is 38.3 Å². The van der Waals surface area contributed by atoms with Crippen molar-refractivity contribution >= 4 is 85.9 Å². The number of ether oxygens (including phenoxy) is 3. The van der Waals surface area contributed by atoms with E-state index in [2.05, 4.69) is 21.8 Å². The number of allylic oxidation sites excluding steroid dienone is 2. The van der Waals surface area contributed by atoms with E-state index in [0.29, 0.717) is 53.2 Å². The predicted octanol–water partition coefficient (Wildman–Crippen LogP) is 4.41. The number of hydrogen-bond donors (Lipinski definition) is 4. The van der Waals surface area contributed by atoms with Gasteiger partial charge in [0.1, 0.15) is 34.7 Å². The summed E-state index contributed by atoms with van der Waals surface area (Å²) in [5, 5.41) is 9.42. The molecular formula is C33H40Br2N8O7. The van der Waals surface area contributed by atoms with Gasteiger partial charge in [-0.25, -0.2) is 19.6 Å². The lowest BCUT2D eigenvalue weighted by Gasteiger charge is -2.24. The van der Waals surface area contributed by atoms with Crippen LogP contribution in [0.5, 0.6) is 11.5 Å². The number of aromatic nitrogens is 4. The summed E-state index contributed by atoms with van der Waals surface area (Å²) in [5.74, 6) is 5.45. The monoisotopic (exact) mass is 818 g/mol. The highest BCUT2D eigenvalue weighted by molar-refractivity contribution is 8.93. The zero-order chi connectivity index (χ0) is 34.7. The van der Waals surface area contributed by atoms with Crippen molar-refractivity contribution < 1.29 is 33.7 Å². The molecule has 7 N–H and O–H groups in total. The third-order valence-corrected chi connectivity index (χ3v) is 7.61. The number of nitrogens with two attached hydrogens (primary N) is 3. The zero-order valence-corrected chi connectivity index (χ0v) is 31.4. The summed E-state index contributed by atoms with van der Waals surface area (Å²) >= 11 is 0. The van der Waals surface area contributed by atoms with Crippen LogP contribution in [0.3, 0.4) is 0 Å². The molecule has 0 aliphatic carbocycles. The summed E-state index contributed by atoms with van der Waals surface area (Å²) < 4.78 is 20.3. The molecule has 0 bridgehead atoms. The Balaban J connectivity index is 0.00000338. The second-order valence-electron chi connectivity index (χ2n) is 12.2. The van der Waals surface area contributed by atoms with E-state index in [9.17, 15) is 19.5 Å². The van der Waals surface area contributed by atoms with Gasteiger partial charge in [-0.05, 0) is 51.5 Å². The van der Waals surface area contributed by atoms with E-state index in [1.807, 2.05) is 32.9 Å². The molecule has 50 heavy (non-hydrogen) atoms. The summed E-state index contributed by atoms with van der Waals surface area (Å²) in [7, 11) is 1.44. The van der Waals surface area contributed by atoms with Gasteiger partial charge >= 0.3 is 12.1 Å². The Kier molecular flexibility index (Phi) is 12.8. The smallest absolute Gasteiger partial charge is 0.410 e. The largest absolute Gasteiger partial charge is 0.494 e. The number of hydrogen-bond acceptors (Lipinski definition) is 10. The number of anilines is 2. The molecule has 1 atom stereocenters. The number of nitrogens with zero attached hydrogens (tertiary/aromatic N) is 5. The second kappa shape index (κ2) is 16.2. The predicted molar refractivity (Wildman–Crippen MR) is 199 cm³/mol. The number of halogens is 2. The van der Waals surface area contributed by atoms with Crippen LogP contribution in [0.2, 0.25) is 0 Å². The molecule has 1 unspecified atom stereocenters. The molecule has 2 aromatic heterocycles. The number of carbonyl (C=O) groups excluding carboxylic acids is 2. The van der Waals surface area contributed by atoms with Crippen LogP contribution < -0.4 is 26.7 Å². The summed E-state index contributed by atoms with van der Waals surface area (Å²) in [4.78, 5) is 46.3. The van der Waals surface area contributed by atoms with Crippen LogP contribution in [0.1, 0.15) is 47.9 Å². The average molecular weight is 821 g/mol. The maximum absolute atomic E-state index is 12.4. The van der Waals surface area contributed by atoms with Crippen LogP contribution in [-0.4, -0.2) is 79.5 Å². The molecule has 0 spiro atoms. The molecule has 1 fully saturated rings. The third kappa shape index (κ3) is 8.79. The van der Waals surface area contributed by atoms with Crippen LogP contribution in [0.4, 0.5) is 16.7 Å².